The molecule has 4 aromatic rings. The smallest absolute Gasteiger partial charge is 0.251 e. The van der Waals surface area contributed by atoms with Crippen LogP contribution in [0.1, 0.15) is 51.4 Å². The molecular formula is C23H26N4O. The van der Waals surface area contributed by atoms with Gasteiger partial charge in [0.1, 0.15) is 5.52 Å². The maximum absolute atomic E-state index is 12.9. The fraction of sp³-hybridized carbons (Fsp3) is 0.348. The second-order valence-corrected chi connectivity index (χ2v) is 9.37. The molecular weight excluding hydrogens is 348 g/mol. The molecule has 0 fully saturated rings. The van der Waals surface area contributed by atoms with Crippen LogP contribution in [0.15, 0.2) is 42.5 Å². The van der Waals surface area contributed by atoms with E-state index in [9.17, 15) is 4.79 Å². The summed E-state index contributed by atoms with van der Waals surface area (Å²) in [5, 5.41) is 4.20. The van der Waals surface area contributed by atoms with E-state index >= 15 is 0 Å². The first-order valence-corrected chi connectivity index (χ1v) is 9.62. The van der Waals surface area contributed by atoms with Gasteiger partial charge in [-0.3, -0.25) is 4.79 Å². The van der Waals surface area contributed by atoms with Gasteiger partial charge in [0.05, 0.1) is 11.0 Å². The number of hydrogen-bond donors (Lipinski definition) is 2. The van der Waals surface area contributed by atoms with Crippen LogP contribution in [0.5, 0.6) is 0 Å². The Bertz CT molecular complexity index is 1200. The van der Waals surface area contributed by atoms with Crippen LogP contribution in [0.4, 0.5) is 0 Å². The lowest BCUT2D eigenvalue weighted by Crippen LogP contribution is -2.45. The summed E-state index contributed by atoms with van der Waals surface area (Å²) in [6.07, 6.45) is 0.884. The largest absolute Gasteiger partial charge is 0.347 e. The van der Waals surface area contributed by atoms with E-state index in [0.717, 1.165) is 39.5 Å². The molecule has 0 bridgehead atoms. The molecule has 0 aliphatic heterocycles. The van der Waals surface area contributed by atoms with Gasteiger partial charge in [-0.15, -0.1) is 0 Å². The molecule has 4 rings (SSSR count). The van der Waals surface area contributed by atoms with Crippen molar-refractivity contribution in [2.75, 3.05) is 0 Å². The van der Waals surface area contributed by atoms with E-state index in [4.69, 9.17) is 4.98 Å². The number of para-hydroxylation sites is 1. The van der Waals surface area contributed by atoms with E-state index in [-0.39, 0.29) is 16.9 Å². The van der Waals surface area contributed by atoms with E-state index in [0.29, 0.717) is 5.56 Å². The Labute approximate surface area is 164 Å². The molecule has 2 heterocycles. The number of carbonyl (C=O) groups is 1. The highest BCUT2D eigenvalue weighted by atomic mass is 16.1. The lowest BCUT2D eigenvalue weighted by Gasteiger charge is -2.33. The minimum Gasteiger partial charge on any atom is -0.347 e. The number of hydrogen-bond acceptors (Lipinski definition) is 3. The summed E-state index contributed by atoms with van der Waals surface area (Å²) in [7, 11) is 0. The molecule has 0 saturated heterocycles. The molecule has 28 heavy (non-hydrogen) atoms. The van der Waals surface area contributed by atoms with Crippen molar-refractivity contribution in [3.63, 3.8) is 0 Å². The van der Waals surface area contributed by atoms with Gasteiger partial charge in [-0.2, -0.15) is 0 Å². The zero-order valence-electron chi connectivity index (χ0n) is 17.1. The molecule has 144 valence electrons. The number of amides is 1. The predicted molar refractivity (Wildman–Crippen MR) is 115 cm³/mol. The molecule has 0 unspecified atom stereocenters. The van der Waals surface area contributed by atoms with Gasteiger partial charge >= 0.3 is 0 Å². The van der Waals surface area contributed by atoms with Crippen LogP contribution < -0.4 is 5.32 Å². The number of nitrogens with one attached hydrogen (secondary N) is 2. The molecule has 0 aliphatic rings. The molecule has 2 aromatic carbocycles. The quantitative estimate of drug-likeness (QED) is 0.517. The number of fused-ring (bicyclic) bond motifs is 4. The summed E-state index contributed by atoms with van der Waals surface area (Å²) < 4.78 is 0. The Balaban J connectivity index is 1.71. The van der Waals surface area contributed by atoms with Crippen LogP contribution in [0.3, 0.4) is 0 Å². The van der Waals surface area contributed by atoms with Gasteiger partial charge < -0.3 is 10.3 Å². The summed E-state index contributed by atoms with van der Waals surface area (Å²) in [4.78, 5) is 25.6. The van der Waals surface area contributed by atoms with Gasteiger partial charge in [-0.05, 0) is 49.9 Å². The third-order valence-electron chi connectivity index (χ3n) is 4.79. The second kappa shape index (κ2) is 6.30. The lowest BCUT2D eigenvalue weighted by atomic mass is 9.81. The number of aromatic nitrogens is 3. The van der Waals surface area contributed by atoms with Crippen molar-refractivity contribution in [3.8, 4) is 0 Å². The van der Waals surface area contributed by atoms with Crippen molar-refractivity contribution in [3.05, 3.63) is 48.0 Å². The van der Waals surface area contributed by atoms with Gasteiger partial charge in [-0.1, -0.05) is 39.0 Å². The lowest BCUT2D eigenvalue weighted by molar-refractivity contribution is 0.0891. The molecule has 0 spiro atoms. The van der Waals surface area contributed by atoms with E-state index in [2.05, 4.69) is 49.9 Å². The van der Waals surface area contributed by atoms with Crippen molar-refractivity contribution >= 4 is 39.0 Å². The summed E-state index contributed by atoms with van der Waals surface area (Å²) in [6.45, 7) is 10.7. The Kier molecular flexibility index (Phi) is 4.14. The molecule has 0 atom stereocenters. The van der Waals surface area contributed by atoms with Crippen LogP contribution >= 0.6 is 0 Å². The third kappa shape index (κ3) is 3.57. The van der Waals surface area contributed by atoms with Crippen LogP contribution in [0, 0.1) is 5.41 Å². The highest BCUT2D eigenvalue weighted by molar-refractivity contribution is 6.06. The van der Waals surface area contributed by atoms with E-state index in [1.807, 2.05) is 42.5 Å². The highest BCUT2D eigenvalue weighted by Crippen LogP contribution is 2.28. The minimum atomic E-state index is -0.295. The van der Waals surface area contributed by atoms with Crippen LogP contribution in [0.2, 0.25) is 0 Å². The maximum atomic E-state index is 12.9. The fourth-order valence-corrected chi connectivity index (χ4v) is 4.15. The number of H-pyrrole nitrogens is 1. The summed E-state index contributed by atoms with van der Waals surface area (Å²) in [5.41, 5.74) is 4.52. The number of nitrogens with zero attached hydrogens (tertiary/aromatic N) is 2. The number of aromatic amines is 1. The predicted octanol–water partition coefficient (Wildman–Crippen LogP) is 5.21. The fourth-order valence-electron chi connectivity index (χ4n) is 4.15. The summed E-state index contributed by atoms with van der Waals surface area (Å²) >= 11 is 0. The number of rotatable bonds is 3. The van der Waals surface area contributed by atoms with Crippen LogP contribution in [-0.4, -0.2) is 26.4 Å². The van der Waals surface area contributed by atoms with Gasteiger partial charge in [-0.25, -0.2) is 9.97 Å². The van der Waals surface area contributed by atoms with Crippen molar-refractivity contribution in [1.82, 2.24) is 20.3 Å². The minimum absolute atomic E-state index is 0.0861. The van der Waals surface area contributed by atoms with E-state index in [1.165, 1.54) is 0 Å². The van der Waals surface area contributed by atoms with Gasteiger partial charge in [0, 0.05) is 22.0 Å². The van der Waals surface area contributed by atoms with Gasteiger partial charge in [0.25, 0.3) is 5.91 Å². The van der Waals surface area contributed by atoms with Crippen molar-refractivity contribution in [2.24, 2.45) is 5.41 Å². The third-order valence-corrected chi connectivity index (χ3v) is 4.79. The molecule has 5 nitrogen and oxygen atoms in total. The monoisotopic (exact) mass is 374 g/mol. The Morgan fingerprint density at radius 1 is 1.00 bits per heavy atom. The number of benzene rings is 2. The first-order chi connectivity index (χ1) is 13.1. The molecule has 2 aromatic heterocycles. The first kappa shape index (κ1) is 18.4. The Morgan fingerprint density at radius 3 is 2.50 bits per heavy atom. The van der Waals surface area contributed by atoms with Crippen molar-refractivity contribution < 1.29 is 4.79 Å². The van der Waals surface area contributed by atoms with Gasteiger partial charge in [0.2, 0.25) is 0 Å². The second-order valence-electron chi connectivity index (χ2n) is 9.37. The molecule has 0 saturated carbocycles. The van der Waals surface area contributed by atoms with Gasteiger partial charge in [0.15, 0.2) is 5.65 Å². The average Bonchev–Trinajstić information content (AvgIpc) is 2.94. The summed E-state index contributed by atoms with van der Waals surface area (Å²) in [6, 6.07) is 13.5. The summed E-state index contributed by atoms with van der Waals surface area (Å²) in [5.74, 6) is -0.0861. The Hall–Kier alpha value is -2.95. The molecule has 5 heteroatoms. The molecule has 0 aliphatic carbocycles. The maximum Gasteiger partial charge on any atom is 0.251 e. The molecule has 0 radical (unpaired) electrons. The number of carbonyl (C=O) groups excluding carboxylic acids is 1. The molecule has 1 amide bonds. The zero-order valence-corrected chi connectivity index (χ0v) is 17.1. The molecule has 2 N–H and O–H groups in total. The topological polar surface area (TPSA) is 70.7 Å². The van der Waals surface area contributed by atoms with Crippen molar-refractivity contribution in [2.45, 2.75) is 46.6 Å². The Morgan fingerprint density at radius 2 is 1.75 bits per heavy atom. The average molecular weight is 374 g/mol. The standard InChI is InChI=1S/C23H26N4O/c1-22(2,3)13-23(4,5)27-21(28)14-10-11-17-18(12-14)24-19-15-8-6-7-9-16(15)25-20(19)26-17/h6-12H,13H2,1-5H3,(H,25,26)(H,27,28). The van der Waals surface area contributed by atoms with E-state index in [1.54, 1.807) is 0 Å². The zero-order chi connectivity index (χ0) is 20.1. The van der Waals surface area contributed by atoms with Crippen molar-refractivity contribution in [1.29, 1.82) is 0 Å². The van der Waals surface area contributed by atoms with E-state index < -0.39 is 0 Å². The highest BCUT2D eigenvalue weighted by Gasteiger charge is 2.27. The first-order valence-electron chi connectivity index (χ1n) is 9.62. The SMILES string of the molecule is CC(C)(C)CC(C)(C)NC(=O)c1ccc2nc3[nH]c4ccccc4c3nc2c1. The van der Waals surface area contributed by atoms with Crippen LogP contribution in [-0.2, 0) is 0 Å². The van der Waals surface area contributed by atoms with Crippen LogP contribution in [0.25, 0.3) is 33.1 Å². The normalized spacial score (nSPS) is 12.8.